The fourth-order valence-electron chi connectivity index (χ4n) is 4.82. The maximum atomic E-state index is 13.4. The first-order valence-corrected chi connectivity index (χ1v) is 10.8. The van der Waals surface area contributed by atoms with Gasteiger partial charge in [-0.05, 0) is 55.0 Å². The molecule has 2 saturated heterocycles. The summed E-state index contributed by atoms with van der Waals surface area (Å²) < 4.78 is 5.64. The second kappa shape index (κ2) is 8.33. The Kier molecular flexibility index (Phi) is 5.79. The SMILES string of the molecule is CC(C)c1ccc(CN2CCCC3(CCN(Cc4ccc(CO)o4)C3)C2=O)cc1. The molecule has 1 unspecified atom stereocenters. The summed E-state index contributed by atoms with van der Waals surface area (Å²) in [6.45, 7) is 8.29. The van der Waals surface area contributed by atoms with Gasteiger partial charge in [-0.1, -0.05) is 38.1 Å². The molecular weight excluding hydrogens is 364 g/mol. The summed E-state index contributed by atoms with van der Waals surface area (Å²) in [5, 5.41) is 9.18. The summed E-state index contributed by atoms with van der Waals surface area (Å²) in [4.78, 5) is 17.8. The van der Waals surface area contributed by atoms with E-state index >= 15 is 0 Å². The molecule has 0 aliphatic carbocycles. The number of nitrogens with zero attached hydrogens (tertiary/aromatic N) is 2. The van der Waals surface area contributed by atoms with Gasteiger partial charge in [-0.3, -0.25) is 9.69 Å². The number of hydrogen-bond acceptors (Lipinski definition) is 4. The predicted molar refractivity (Wildman–Crippen MR) is 112 cm³/mol. The van der Waals surface area contributed by atoms with Gasteiger partial charge in [-0.2, -0.15) is 0 Å². The Bertz CT molecular complexity index is 842. The van der Waals surface area contributed by atoms with E-state index in [4.69, 9.17) is 4.42 Å². The molecule has 1 aromatic heterocycles. The number of likely N-dealkylation sites (tertiary alicyclic amines) is 2. The lowest BCUT2D eigenvalue weighted by Gasteiger charge is -2.39. The lowest BCUT2D eigenvalue weighted by Crippen LogP contribution is -2.49. The van der Waals surface area contributed by atoms with Crippen molar-refractivity contribution in [2.24, 2.45) is 5.41 Å². The van der Waals surface area contributed by atoms with E-state index in [0.29, 0.717) is 30.7 Å². The summed E-state index contributed by atoms with van der Waals surface area (Å²) in [5.74, 6) is 2.29. The first-order valence-electron chi connectivity index (χ1n) is 10.8. The number of piperidine rings is 1. The van der Waals surface area contributed by atoms with E-state index in [2.05, 4.69) is 47.9 Å². The smallest absolute Gasteiger partial charge is 0.230 e. The number of carbonyl (C=O) groups is 1. The fraction of sp³-hybridized carbons (Fsp3) is 0.542. The topological polar surface area (TPSA) is 56.9 Å². The Morgan fingerprint density at radius 2 is 1.79 bits per heavy atom. The number of aliphatic hydroxyl groups excluding tert-OH is 1. The lowest BCUT2D eigenvalue weighted by molar-refractivity contribution is -0.146. The van der Waals surface area contributed by atoms with E-state index in [1.807, 2.05) is 12.1 Å². The molecule has 156 valence electrons. The minimum Gasteiger partial charge on any atom is -0.462 e. The monoisotopic (exact) mass is 396 g/mol. The minimum absolute atomic E-state index is 0.0739. The van der Waals surface area contributed by atoms with Crippen LogP contribution in [0.3, 0.4) is 0 Å². The molecule has 2 aromatic rings. The van der Waals surface area contributed by atoms with E-state index in [1.54, 1.807) is 0 Å². The van der Waals surface area contributed by atoms with Crippen LogP contribution in [0.5, 0.6) is 0 Å². The number of benzene rings is 1. The fourth-order valence-corrected chi connectivity index (χ4v) is 4.82. The van der Waals surface area contributed by atoms with Crippen molar-refractivity contribution in [3.63, 3.8) is 0 Å². The summed E-state index contributed by atoms with van der Waals surface area (Å²) in [7, 11) is 0. The first kappa shape index (κ1) is 20.2. The molecule has 2 aliphatic heterocycles. The van der Waals surface area contributed by atoms with E-state index in [1.165, 1.54) is 11.1 Å². The average molecular weight is 397 g/mol. The number of rotatable bonds is 6. The first-order chi connectivity index (χ1) is 14.0. The van der Waals surface area contributed by atoms with Crippen LogP contribution in [-0.2, 0) is 24.5 Å². The third-order valence-electron chi connectivity index (χ3n) is 6.53. The Labute approximate surface area is 173 Å². The van der Waals surface area contributed by atoms with Gasteiger partial charge in [0.1, 0.15) is 18.1 Å². The van der Waals surface area contributed by atoms with Gasteiger partial charge < -0.3 is 14.4 Å². The summed E-state index contributed by atoms with van der Waals surface area (Å²) in [6, 6.07) is 12.4. The zero-order valence-corrected chi connectivity index (χ0v) is 17.6. The molecule has 0 bridgehead atoms. The van der Waals surface area contributed by atoms with Crippen LogP contribution in [0.15, 0.2) is 40.8 Å². The Morgan fingerprint density at radius 3 is 2.48 bits per heavy atom. The Morgan fingerprint density at radius 1 is 1.03 bits per heavy atom. The number of aliphatic hydroxyl groups is 1. The molecule has 1 N–H and O–H groups in total. The molecule has 3 heterocycles. The van der Waals surface area contributed by atoms with Gasteiger partial charge in [-0.25, -0.2) is 0 Å². The van der Waals surface area contributed by atoms with Gasteiger partial charge in [0, 0.05) is 19.6 Å². The van der Waals surface area contributed by atoms with Gasteiger partial charge in [0.15, 0.2) is 0 Å². The van der Waals surface area contributed by atoms with Crippen molar-refractivity contribution in [2.75, 3.05) is 19.6 Å². The van der Waals surface area contributed by atoms with Crippen molar-refractivity contribution in [2.45, 2.75) is 58.7 Å². The molecule has 5 nitrogen and oxygen atoms in total. The maximum Gasteiger partial charge on any atom is 0.230 e. The predicted octanol–water partition coefficient (Wildman–Crippen LogP) is 3.91. The van der Waals surface area contributed by atoms with Crippen molar-refractivity contribution in [1.29, 1.82) is 0 Å². The summed E-state index contributed by atoms with van der Waals surface area (Å²) in [6.07, 6.45) is 2.96. The normalized spacial score (nSPS) is 22.9. The minimum atomic E-state index is -0.247. The van der Waals surface area contributed by atoms with Crippen molar-refractivity contribution in [3.05, 3.63) is 59.0 Å². The van der Waals surface area contributed by atoms with Gasteiger partial charge in [0.05, 0.1) is 12.0 Å². The zero-order chi connectivity index (χ0) is 20.4. The van der Waals surface area contributed by atoms with Crippen LogP contribution in [0.4, 0.5) is 0 Å². The molecule has 2 aliphatic rings. The van der Waals surface area contributed by atoms with Crippen LogP contribution in [0.1, 0.15) is 61.7 Å². The van der Waals surface area contributed by atoms with Gasteiger partial charge in [-0.15, -0.1) is 0 Å². The highest BCUT2D eigenvalue weighted by Gasteiger charge is 2.48. The molecule has 1 atom stereocenters. The summed E-state index contributed by atoms with van der Waals surface area (Å²) >= 11 is 0. The number of furan rings is 1. The van der Waals surface area contributed by atoms with Crippen LogP contribution in [0.2, 0.25) is 0 Å². The zero-order valence-electron chi connectivity index (χ0n) is 17.6. The number of hydrogen-bond donors (Lipinski definition) is 1. The highest BCUT2D eigenvalue weighted by molar-refractivity contribution is 5.84. The highest BCUT2D eigenvalue weighted by atomic mass is 16.4. The molecule has 5 heteroatoms. The van der Waals surface area contributed by atoms with E-state index < -0.39 is 0 Å². The number of amides is 1. The van der Waals surface area contributed by atoms with E-state index in [-0.39, 0.29) is 12.0 Å². The lowest BCUT2D eigenvalue weighted by atomic mass is 9.78. The average Bonchev–Trinajstić information content (AvgIpc) is 3.34. The molecule has 1 amide bonds. The van der Waals surface area contributed by atoms with Crippen molar-refractivity contribution in [1.82, 2.24) is 9.80 Å². The van der Waals surface area contributed by atoms with Crippen LogP contribution in [-0.4, -0.2) is 40.4 Å². The summed E-state index contributed by atoms with van der Waals surface area (Å²) in [5.41, 5.74) is 2.30. The highest BCUT2D eigenvalue weighted by Crippen LogP contribution is 2.41. The standard InChI is InChI=1S/C24H32N2O3/c1-18(2)20-6-4-19(5-7-20)14-26-12-3-10-24(23(26)28)11-13-25(17-24)15-21-8-9-22(16-27)29-21/h4-9,18,27H,3,10-17H2,1-2H3. The Balaban J connectivity index is 1.40. The van der Waals surface area contributed by atoms with Crippen LogP contribution in [0.25, 0.3) is 0 Å². The Hall–Kier alpha value is -2.11. The van der Waals surface area contributed by atoms with Crippen molar-refractivity contribution < 1.29 is 14.3 Å². The molecule has 1 aromatic carbocycles. The third-order valence-corrected chi connectivity index (χ3v) is 6.53. The van der Waals surface area contributed by atoms with Gasteiger partial charge in [0.25, 0.3) is 0 Å². The van der Waals surface area contributed by atoms with Crippen LogP contribution in [0, 0.1) is 5.41 Å². The number of carbonyl (C=O) groups excluding carboxylic acids is 1. The molecule has 1 spiro atoms. The third kappa shape index (κ3) is 4.26. The second-order valence-electron chi connectivity index (χ2n) is 8.99. The van der Waals surface area contributed by atoms with E-state index in [9.17, 15) is 9.90 Å². The molecule has 29 heavy (non-hydrogen) atoms. The molecular formula is C24H32N2O3. The molecule has 4 rings (SSSR count). The quantitative estimate of drug-likeness (QED) is 0.804. The molecule has 0 saturated carbocycles. The van der Waals surface area contributed by atoms with Crippen molar-refractivity contribution >= 4 is 5.91 Å². The second-order valence-corrected chi connectivity index (χ2v) is 8.99. The van der Waals surface area contributed by atoms with Gasteiger partial charge in [0.2, 0.25) is 5.91 Å². The van der Waals surface area contributed by atoms with Crippen LogP contribution < -0.4 is 0 Å². The molecule has 0 radical (unpaired) electrons. The maximum absolute atomic E-state index is 13.4. The molecule has 2 fully saturated rings. The largest absolute Gasteiger partial charge is 0.462 e. The van der Waals surface area contributed by atoms with Crippen molar-refractivity contribution in [3.8, 4) is 0 Å². The van der Waals surface area contributed by atoms with E-state index in [0.717, 1.165) is 44.7 Å². The van der Waals surface area contributed by atoms with Gasteiger partial charge >= 0.3 is 0 Å². The van der Waals surface area contributed by atoms with Crippen LogP contribution >= 0.6 is 0 Å².